The monoisotopic (exact) mass is 336 g/mol. The van der Waals surface area contributed by atoms with E-state index in [0.717, 1.165) is 56.3 Å². The van der Waals surface area contributed by atoms with Gasteiger partial charge in [0.25, 0.3) is 0 Å². The Hall–Kier alpha value is -1.76. The van der Waals surface area contributed by atoms with Crippen molar-refractivity contribution in [3.8, 4) is 0 Å². The van der Waals surface area contributed by atoms with E-state index < -0.39 is 23.8 Å². The number of amides is 4. The summed E-state index contributed by atoms with van der Waals surface area (Å²) in [5.41, 5.74) is 6.04. The van der Waals surface area contributed by atoms with Crippen molar-refractivity contribution in [1.29, 1.82) is 0 Å². The zero-order chi connectivity index (χ0) is 17.5. The van der Waals surface area contributed by atoms with Crippen LogP contribution in [-0.2, 0) is 9.59 Å². The average molecular weight is 336 g/mol. The number of hydrogen-bond donors (Lipinski definition) is 2. The molecule has 1 saturated carbocycles. The largest absolute Gasteiger partial charge is 0.330 e. The minimum atomic E-state index is -1.02. The van der Waals surface area contributed by atoms with Gasteiger partial charge in [0.1, 0.15) is 0 Å². The number of unbranched alkanes of at least 4 members (excludes halogenated alkanes) is 3. The molecule has 1 aliphatic carbocycles. The highest BCUT2D eigenvalue weighted by molar-refractivity contribution is 6.23. The van der Waals surface area contributed by atoms with Crippen LogP contribution in [0, 0.1) is 5.92 Å². The van der Waals surface area contributed by atoms with E-state index in [1.165, 1.54) is 6.21 Å². The van der Waals surface area contributed by atoms with Crippen molar-refractivity contribution in [2.45, 2.75) is 70.4 Å². The smallest absolute Gasteiger partial charge is 0.326 e. The first-order chi connectivity index (χ1) is 11.5. The van der Waals surface area contributed by atoms with Gasteiger partial charge >= 0.3 is 6.03 Å². The lowest BCUT2D eigenvalue weighted by molar-refractivity contribution is -0.139. The third-order valence-electron chi connectivity index (χ3n) is 4.73. The van der Waals surface area contributed by atoms with Crippen LogP contribution in [0.5, 0.6) is 0 Å². The fourth-order valence-electron chi connectivity index (χ4n) is 3.19. The average Bonchev–Trinajstić information content (AvgIpc) is 2.55. The molecule has 4 amide bonds. The summed E-state index contributed by atoms with van der Waals surface area (Å²) in [6, 6.07) is -0.695. The van der Waals surface area contributed by atoms with Gasteiger partial charge in [-0.3, -0.25) is 24.8 Å². The molecule has 3 N–H and O–H groups in total. The van der Waals surface area contributed by atoms with Gasteiger partial charge in [-0.2, -0.15) is 0 Å². The van der Waals surface area contributed by atoms with Gasteiger partial charge in [-0.15, -0.1) is 0 Å². The zero-order valence-corrected chi connectivity index (χ0v) is 14.4. The van der Waals surface area contributed by atoms with Crippen LogP contribution in [0.15, 0.2) is 4.99 Å². The molecule has 7 nitrogen and oxygen atoms in total. The van der Waals surface area contributed by atoms with Crippen LogP contribution in [0.3, 0.4) is 0 Å². The second kappa shape index (κ2) is 8.92. The number of aliphatic imine (C=N–C) groups is 1. The predicted octanol–water partition coefficient (Wildman–Crippen LogP) is 1.60. The predicted molar refractivity (Wildman–Crippen MR) is 91.6 cm³/mol. The van der Waals surface area contributed by atoms with Crippen LogP contribution in [-0.4, -0.2) is 47.6 Å². The molecule has 0 bridgehead atoms. The lowest BCUT2D eigenvalue weighted by Crippen LogP contribution is -2.58. The number of urea groups is 1. The highest BCUT2D eigenvalue weighted by Crippen LogP contribution is 2.20. The molecule has 7 heteroatoms. The normalized spacial score (nSPS) is 28.5. The minimum Gasteiger partial charge on any atom is -0.326 e. The van der Waals surface area contributed by atoms with Gasteiger partial charge in [0, 0.05) is 18.8 Å². The number of carbonyl (C=O) groups excluding carboxylic acids is 3. The van der Waals surface area contributed by atoms with Crippen molar-refractivity contribution >= 4 is 24.1 Å². The molecule has 0 spiro atoms. The van der Waals surface area contributed by atoms with Crippen LogP contribution >= 0.6 is 0 Å². The van der Waals surface area contributed by atoms with Gasteiger partial charge < -0.3 is 5.73 Å². The van der Waals surface area contributed by atoms with Crippen LogP contribution in [0.25, 0.3) is 0 Å². The van der Waals surface area contributed by atoms with E-state index >= 15 is 0 Å². The Morgan fingerprint density at radius 2 is 1.96 bits per heavy atom. The molecule has 0 aromatic carbocycles. The van der Waals surface area contributed by atoms with Gasteiger partial charge in [0.2, 0.25) is 11.8 Å². The molecule has 2 rings (SSSR count). The summed E-state index contributed by atoms with van der Waals surface area (Å²) in [6.45, 7) is 2.44. The molecule has 134 valence electrons. The fourth-order valence-corrected chi connectivity index (χ4v) is 3.19. The van der Waals surface area contributed by atoms with E-state index in [1.54, 1.807) is 0 Å². The van der Waals surface area contributed by atoms with Crippen molar-refractivity contribution in [3.05, 3.63) is 0 Å². The third-order valence-corrected chi connectivity index (χ3v) is 4.73. The molecule has 2 fully saturated rings. The summed E-state index contributed by atoms with van der Waals surface area (Å²) < 4.78 is 0. The lowest BCUT2D eigenvalue weighted by atomic mass is 9.91. The lowest BCUT2D eigenvalue weighted by Gasteiger charge is -2.29. The van der Waals surface area contributed by atoms with Crippen molar-refractivity contribution in [1.82, 2.24) is 10.2 Å². The van der Waals surface area contributed by atoms with Gasteiger partial charge in [0.05, 0.1) is 6.04 Å². The number of hydrogen-bond acceptors (Lipinski definition) is 5. The first kappa shape index (κ1) is 18.6. The molecular weight excluding hydrogens is 308 g/mol. The van der Waals surface area contributed by atoms with Crippen molar-refractivity contribution < 1.29 is 14.4 Å². The highest BCUT2D eigenvalue weighted by Gasteiger charge is 2.39. The number of nitrogens with one attached hydrogen (secondary N) is 1. The van der Waals surface area contributed by atoms with Gasteiger partial charge in [-0.1, -0.05) is 39.0 Å². The van der Waals surface area contributed by atoms with Crippen molar-refractivity contribution in [3.63, 3.8) is 0 Å². The van der Waals surface area contributed by atoms with E-state index in [1.807, 2.05) is 0 Å². The number of nitrogens with zero attached hydrogens (tertiary/aromatic N) is 2. The number of nitrogens with two attached hydrogens (primary N) is 1. The summed E-state index contributed by atoms with van der Waals surface area (Å²) >= 11 is 0. The number of carbonyl (C=O) groups is 3. The molecule has 0 unspecified atom stereocenters. The quantitative estimate of drug-likeness (QED) is 0.418. The Labute approximate surface area is 143 Å². The van der Waals surface area contributed by atoms with E-state index in [2.05, 4.69) is 17.2 Å². The van der Waals surface area contributed by atoms with Crippen LogP contribution in [0.1, 0.15) is 58.3 Å². The first-order valence-corrected chi connectivity index (χ1v) is 8.99. The van der Waals surface area contributed by atoms with Gasteiger partial charge in [-0.25, -0.2) is 4.79 Å². The molecule has 3 atom stereocenters. The Bertz CT molecular complexity index is 506. The zero-order valence-electron chi connectivity index (χ0n) is 14.4. The molecule has 24 heavy (non-hydrogen) atoms. The van der Waals surface area contributed by atoms with Crippen molar-refractivity contribution in [2.75, 3.05) is 6.54 Å². The van der Waals surface area contributed by atoms with Crippen LogP contribution in [0.4, 0.5) is 4.79 Å². The molecule has 0 aromatic heterocycles. The minimum absolute atomic E-state index is 0.0245. The molecular formula is C17H28N4O3. The van der Waals surface area contributed by atoms with Crippen LogP contribution in [0.2, 0.25) is 0 Å². The number of rotatable bonds is 7. The molecule has 0 radical (unpaired) electrons. The summed E-state index contributed by atoms with van der Waals surface area (Å²) in [7, 11) is 0. The highest BCUT2D eigenvalue weighted by atomic mass is 16.2. The molecule has 2 aliphatic rings. The Kier molecular flexibility index (Phi) is 6.90. The number of imide groups is 2. The topological polar surface area (TPSA) is 105 Å². The molecule has 1 aliphatic heterocycles. The fraction of sp³-hybridized carbons (Fsp3) is 0.765. The SMILES string of the molecule is CCCCCCN1C(=O)NC(=O)[C@H](C=N[C@H]2CCCC[C@H]2N)C1=O. The van der Waals surface area contributed by atoms with E-state index in [9.17, 15) is 14.4 Å². The number of barbiturate groups is 1. The maximum Gasteiger partial charge on any atom is 0.330 e. The molecule has 1 heterocycles. The maximum absolute atomic E-state index is 12.5. The standard InChI is InChI=1S/C17H28N4O3/c1-2-3-4-7-10-21-16(23)12(15(22)20-17(21)24)11-19-14-9-6-5-8-13(14)18/h11-14H,2-10,18H2,1H3,(H,20,22,24)/t12-,13+,14-/m0/s1. The van der Waals surface area contributed by atoms with Crippen molar-refractivity contribution in [2.24, 2.45) is 16.6 Å². The second-order valence-corrected chi connectivity index (χ2v) is 6.64. The van der Waals surface area contributed by atoms with E-state index in [4.69, 9.17) is 5.73 Å². The van der Waals surface area contributed by atoms with E-state index in [0.29, 0.717) is 6.54 Å². The first-order valence-electron chi connectivity index (χ1n) is 8.99. The summed E-state index contributed by atoms with van der Waals surface area (Å²) in [5.74, 6) is -2.10. The third kappa shape index (κ3) is 4.63. The second-order valence-electron chi connectivity index (χ2n) is 6.64. The molecule has 1 saturated heterocycles. The maximum atomic E-state index is 12.5. The Morgan fingerprint density at radius 1 is 1.21 bits per heavy atom. The van der Waals surface area contributed by atoms with Crippen LogP contribution < -0.4 is 11.1 Å². The molecule has 0 aromatic rings. The van der Waals surface area contributed by atoms with Gasteiger partial charge in [-0.05, 0) is 19.3 Å². The Morgan fingerprint density at radius 3 is 2.67 bits per heavy atom. The Balaban J connectivity index is 1.98. The van der Waals surface area contributed by atoms with E-state index in [-0.39, 0.29) is 12.1 Å². The summed E-state index contributed by atoms with van der Waals surface area (Å²) in [4.78, 5) is 41.9. The summed E-state index contributed by atoms with van der Waals surface area (Å²) in [6.07, 6.45) is 9.17. The van der Waals surface area contributed by atoms with Gasteiger partial charge in [0.15, 0.2) is 5.92 Å². The summed E-state index contributed by atoms with van der Waals surface area (Å²) in [5, 5.41) is 2.25.